The molecule has 1 aromatic carbocycles. The monoisotopic (exact) mass is 261 g/mol. The molecular formula is C16H23NS. The van der Waals surface area contributed by atoms with Gasteiger partial charge in [-0.25, -0.2) is 0 Å². The van der Waals surface area contributed by atoms with Gasteiger partial charge in [0, 0.05) is 11.3 Å². The Morgan fingerprint density at radius 2 is 2.00 bits per heavy atom. The predicted octanol–water partition coefficient (Wildman–Crippen LogP) is 3.66. The molecule has 1 saturated heterocycles. The molecule has 4 atom stereocenters. The van der Waals surface area contributed by atoms with Gasteiger partial charge in [-0.15, -0.1) is 0 Å². The van der Waals surface area contributed by atoms with Crippen molar-refractivity contribution in [3.8, 4) is 0 Å². The number of hydrogen-bond acceptors (Lipinski definition) is 2. The third-order valence-electron chi connectivity index (χ3n) is 4.39. The summed E-state index contributed by atoms with van der Waals surface area (Å²) in [6, 6.07) is 11.9. The molecule has 1 N–H and O–H groups in total. The number of nitrogens with one attached hydrogen (secondary N) is 1. The summed E-state index contributed by atoms with van der Waals surface area (Å²) in [5.74, 6) is 2.95. The molecule has 0 bridgehead atoms. The van der Waals surface area contributed by atoms with Crippen LogP contribution in [0.5, 0.6) is 0 Å². The average Bonchev–Trinajstić information content (AvgIpc) is 2.62. The van der Waals surface area contributed by atoms with Crippen LogP contribution in [-0.2, 0) is 0 Å². The van der Waals surface area contributed by atoms with Gasteiger partial charge in [-0.2, -0.15) is 11.8 Å². The second kappa shape index (κ2) is 5.66. The van der Waals surface area contributed by atoms with Gasteiger partial charge in [-0.05, 0) is 49.0 Å². The summed E-state index contributed by atoms with van der Waals surface area (Å²) in [5, 5.41) is 4.61. The molecule has 18 heavy (non-hydrogen) atoms. The van der Waals surface area contributed by atoms with Gasteiger partial charge >= 0.3 is 0 Å². The fourth-order valence-electron chi connectivity index (χ4n) is 3.27. The number of rotatable bonds is 1. The van der Waals surface area contributed by atoms with Crippen molar-refractivity contribution in [3.63, 3.8) is 0 Å². The molecule has 1 nitrogen and oxygen atoms in total. The van der Waals surface area contributed by atoms with Crippen molar-refractivity contribution in [3.05, 3.63) is 35.9 Å². The zero-order chi connectivity index (χ0) is 12.4. The number of hydrogen-bond donors (Lipinski definition) is 1. The number of thioether (sulfide) groups is 1. The summed E-state index contributed by atoms with van der Waals surface area (Å²) < 4.78 is 0. The molecule has 0 spiro atoms. The minimum absolute atomic E-state index is 0.764. The van der Waals surface area contributed by atoms with Gasteiger partial charge in [-0.1, -0.05) is 37.3 Å². The van der Waals surface area contributed by atoms with Crippen molar-refractivity contribution >= 4 is 11.8 Å². The Bertz CT molecular complexity index is 378. The first-order valence-electron chi connectivity index (χ1n) is 7.23. The number of fused-ring (bicyclic) bond motifs is 1. The van der Waals surface area contributed by atoms with Gasteiger partial charge in [0.2, 0.25) is 0 Å². The highest BCUT2D eigenvalue weighted by Crippen LogP contribution is 2.39. The molecule has 1 aliphatic carbocycles. The minimum atomic E-state index is 0.764. The molecule has 0 aromatic heterocycles. The molecule has 0 radical (unpaired) electrons. The van der Waals surface area contributed by atoms with Crippen LogP contribution in [0.15, 0.2) is 30.3 Å². The lowest BCUT2D eigenvalue weighted by atomic mass is 9.81. The lowest BCUT2D eigenvalue weighted by Gasteiger charge is -2.35. The van der Waals surface area contributed by atoms with Crippen molar-refractivity contribution in [2.24, 2.45) is 5.92 Å². The molecule has 4 unspecified atom stereocenters. The van der Waals surface area contributed by atoms with Gasteiger partial charge in [-0.3, -0.25) is 0 Å². The molecule has 1 heterocycles. The number of benzene rings is 1. The molecule has 2 aliphatic rings. The molecule has 1 aliphatic heterocycles. The highest BCUT2D eigenvalue weighted by Gasteiger charge is 2.33. The van der Waals surface area contributed by atoms with Gasteiger partial charge in [0.05, 0.1) is 0 Å². The Balaban J connectivity index is 1.69. The quantitative estimate of drug-likeness (QED) is 0.828. The Morgan fingerprint density at radius 1 is 1.17 bits per heavy atom. The summed E-state index contributed by atoms with van der Waals surface area (Å²) >= 11 is 2.21. The summed E-state index contributed by atoms with van der Waals surface area (Å²) in [6.07, 6.45) is 4.07. The van der Waals surface area contributed by atoms with Crippen molar-refractivity contribution < 1.29 is 0 Å². The highest BCUT2D eigenvalue weighted by atomic mass is 32.2. The average molecular weight is 261 g/mol. The van der Waals surface area contributed by atoms with Crippen LogP contribution < -0.4 is 5.32 Å². The van der Waals surface area contributed by atoms with Crippen molar-refractivity contribution in [2.45, 2.75) is 43.4 Å². The first kappa shape index (κ1) is 12.6. The smallest absolute Gasteiger partial charge is 0.0207 e. The van der Waals surface area contributed by atoms with E-state index in [4.69, 9.17) is 0 Å². The maximum absolute atomic E-state index is 3.78. The van der Waals surface area contributed by atoms with Gasteiger partial charge in [0.15, 0.2) is 0 Å². The highest BCUT2D eigenvalue weighted by molar-refractivity contribution is 8.00. The van der Waals surface area contributed by atoms with E-state index in [0.717, 1.165) is 23.1 Å². The predicted molar refractivity (Wildman–Crippen MR) is 80.2 cm³/mol. The molecule has 2 heteroatoms. The van der Waals surface area contributed by atoms with Crippen LogP contribution in [0.4, 0.5) is 0 Å². The fourth-order valence-corrected chi connectivity index (χ4v) is 4.80. The van der Waals surface area contributed by atoms with Crippen LogP contribution >= 0.6 is 11.8 Å². The van der Waals surface area contributed by atoms with E-state index in [2.05, 4.69) is 54.3 Å². The molecule has 98 valence electrons. The minimum Gasteiger partial charge on any atom is -0.313 e. The van der Waals surface area contributed by atoms with E-state index < -0.39 is 0 Å². The SMILES string of the molecule is CC1CNC2CCC(c3ccccc3)CC2SC1. The van der Waals surface area contributed by atoms with Gasteiger partial charge in [0.25, 0.3) is 0 Å². The van der Waals surface area contributed by atoms with E-state index in [1.165, 1.54) is 31.6 Å². The maximum Gasteiger partial charge on any atom is 0.0207 e. The van der Waals surface area contributed by atoms with E-state index in [-0.39, 0.29) is 0 Å². The Kier molecular flexibility index (Phi) is 3.95. The van der Waals surface area contributed by atoms with Crippen molar-refractivity contribution in [1.82, 2.24) is 5.32 Å². The Morgan fingerprint density at radius 3 is 2.83 bits per heavy atom. The summed E-state index contributed by atoms with van der Waals surface area (Å²) in [6.45, 7) is 3.58. The third-order valence-corrected chi connectivity index (χ3v) is 6.10. The molecule has 2 fully saturated rings. The van der Waals surface area contributed by atoms with Gasteiger partial charge in [0.1, 0.15) is 0 Å². The van der Waals surface area contributed by atoms with Crippen molar-refractivity contribution in [1.29, 1.82) is 0 Å². The molecular weight excluding hydrogens is 238 g/mol. The molecule has 1 aromatic rings. The summed E-state index contributed by atoms with van der Waals surface area (Å²) in [5.41, 5.74) is 1.55. The van der Waals surface area contributed by atoms with E-state index in [1.54, 1.807) is 5.56 Å². The van der Waals surface area contributed by atoms with E-state index in [1.807, 2.05) is 0 Å². The normalized spacial score (nSPS) is 36.7. The first-order valence-corrected chi connectivity index (χ1v) is 8.27. The summed E-state index contributed by atoms with van der Waals surface area (Å²) in [7, 11) is 0. The van der Waals surface area contributed by atoms with Crippen LogP contribution in [0, 0.1) is 5.92 Å². The standard InChI is InChI=1S/C16H23NS/c1-12-10-17-15-8-7-14(9-16(15)18-11-12)13-5-3-2-4-6-13/h2-6,12,14-17H,7-11H2,1H3. The first-order chi connectivity index (χ1) is 8.83. The summed E-state index contributed by atoms with van der Waals surface area (Å²) in [4.78, 5) is 0. The lowest BCUT2D eigenvalue weighted by Crippen LogP contribution is -2.41. The largest absolute Gasteiger partial charge is 0.313 e. The van der Waals surface area contributed by atoms with E-state index in [9.17, 15) is 0 Å². The third kappa shape index (κ3) is 2.75. The van der Waals surface area contributed by atoms with Crippen LogP contribution in [-0.4, -0.2) is 23.6 Å². The van der Waals surface area contributed by atoms with Gasteiger partial charge < -0.3 is 5.32 Å². The van der Waals surface area contributed by atoms with Crippen molar-refractivity contribution in [2.75, 3.05) is 12.3 Å². The van der Waals surface area contributed by atoms with Crippen LogP contribution in [0.25, 0.3) is 0 Å². The molecule has 0 amide bonds. The Labute approximate surface area is 115 Å². The maximum atomic E-state index is 3.78. The van der Waals surface area contributed by atoms with E-state index >= 15 is 0 Å². The fraction of sp³-hybridized carbons (Fsp3) is 0.625. The Hall–Kier alpha value is -0.470. The second-order valence-electron chi connectivity index (χ2n) is 5.91. The topological polar surface area (TPSA) is 12.0 Å². The zero-order valence-electron chi connectivity index (χ0n) is 11.1. The van der Waals surface area contributed by atoms with Crippen LogP contribution in [0.3, 0.4) is 0 Å². The van der Waals surface area contributed by atoms with Crippen LogP contribution in [0.1, 0.15) is 37.7 Å². The van der Waals surface area contributed by atoms with Crippen LogP contribution in [0.2, 0.25) is 0 Å². The van der Waals surface area contributed by atoms with E-state index in [0.29, 0.717) is 0 Å². The lowest BCUT2D eigenvalue weighted by molar-refractivity contribution is 0.349. The molecule has 1 saturated carbocycles. The zero-order valence-corrected chi connectivity index (χ0v) is 12.0. The molecule has 3 rings (SSSR count). The second-order valence-corrected chi connectivity index (χ2v) is 7.18.